The molecule has 2 nitrogen and oxygen atoms in total. The zero-order valence-corrected chi connectivity index (χ0v) is 16.4. The molecular weight excluding hydrogens is 353 g/mol. The Morgan fingerprint density at radius 1 is 0.880 bits per heavy atom. The number of benzene rings is 2. The molecule has 0 saturated carbocycles. The van der Waals surface area contributed by atoms with E-state index in [0.29, 0.717) is 6.61 Å². The monoisotopic (exact) mass is 379 g/mol. The van der Waals surface area contributed by atoms with Gasteiger partial charge in [-0.1, -0.05) is 67.9 Å². The van der Waals surface area contributed by atoms with Crippen LogP contribution in [0, 0.1) is 0 Å². The summed E-state index contributed by atoms with van der Waals surface area (Å²) in [5.74, 6) is 0.873. The molecule has 0 amide bonds. The first-order valence-corrected chi connectivity index (χ1v) is 9.81. The summed E-state index contributed by atoms with van der Waals surface area (Å²) < 4.78 is 5.99. The van der Waals surface area contributed by atoms with Gasteiger partial charge in [0.15, 0.2) is 0 Å². The smallest absolute Gasteiger partial charge is 0.124 e. The number of rotatable bonds is 11. The molecule has 25 heavy (non-hydrogen) atoms. The summed E-state index contributed by atoms with van der Waals surface area (Å²) in [6.07, 6.45) is 6.43. The van der Waals surface area contributed by atoms with E-state index < -0.39 is 0 Å². The van der Waals surface area contributed by atoms with Gasteiger partial charge in [0.05, 0.1) is 0 Å². The van der Waals surface area contributed by atoms with Crippen molar-refractivity contribution in [2.75, 3.05) is 6.54 Å². The molecule has 0 fully saturated rings. The highest BCUT2D eigenvalue weighted by Gasteiger charge is 2.05. The maximum Gasteiger partial charge on any atom is 0.124 e. The molecule has 0 saturated heterocycles. The van der Waals surface area contributed by atoms with Crippen LogP contribution in [-0.4, -0.2) is 6.54 Å². The Balaban J connectivity index is 1.83. The van der Waals surface area contributed by atoms with Crippen LogP contribution >= 0.6 is 23.2 Å². The molecule has 1 N–H and O–H groups in total. The topological polar surface area (TPSA) is 21.3 Å². The van der Waals surface area contributed by atoms with Gasteiger partial charge in [-0.15, -0.1) is 0 Å². The Morgan fingerprint density at radius 2 is 1.60 bits per heavy atom. The molecule has 0 atom stereocenters. The summed E-state index contributed by atoms with van der Waals surface area (Å²) in [5.41, 5.74) is 2.18. The van der Waals surface area contributed by atoms with E-state index in [2.05, 4.69) is 12.2 Å². The SMILES string of the molecule is CCCCCCCNCc1cc(Cl)ccc1OCc1ccc(Cl)cc1. The van der Waals surface area contributed by atoms with E-state index in [1.807, 2.05) is 42.5 Å². The van der Waals surface area contributed by atoms with Gasteiger partial charge < -0.3 is 10.1 Å². The van der Waals surface area contributed by atoms with Gasteiger partial charge in [0.2, 0.25) is 0 Å². The number of hydrogen-bond acceptors (Lipinski definition) is 2. The minimum absolute atomic E-state index is 0.517. The fourth-order valence-corrected chi connectivity index (χ4v) is 2.97. The predicted octanol–water partition coefficient (Wildman–Crippen LogP) is 6.63. The van der Waals surface area contributed by atoms with Crippen LogP contribution in [0.4, 0.5) is 0 Å². The molecule has 4 heteroatoms. The highest BCUT2D eigenvalue weighted by molar-refractivity contribution is 6.30. The second kappa shape index (κ2) is 11.4. The largest absolute Gasteiger partial charge is 0.489 e. The number of unbranched alkanes of at least 4 members (excludes halogenated alkanes) is 4. The summed E-state index contributed by atoms with van der Waals surface area (Å²) in [7, 11) is 0. The molecule has 2 rings (SSSR count). The van der Waals surface area contributed by atoms with E-state index in [9.17, 15) is 0 Å². The standard InChI is InChI=1S/C21H27Cl2NO/c1-2-3-4-5-6-13-24-15-18-14-20(23)11-12-21(18)25-16-17-7-9-19(22)10-8-17/h7-12,14,24H,2-6,13,15-16H2,1H3. The molecular formula is C21H27Cl2NO. The fraction of sp³-hybridized carbons (Fsp3) is 0.429. The summed E-state index contributed by atoms with van der Waals surface area (Å²) in [6, 6.07) is 13.5. The molecule has 0 aromatic heterocycles. The summed E-state index contributed by atoms with van der Waals surface area (Å²) in [6.45, 7) is 4.54. The van der Waals surface area contributed by atoms with Crippen LogP contribution < -0.4 is 10.1 Å². The van der Waals surface area contributed by atoms with E-state index in [-0.39, 0.29) is 0 Å². The second-order valence-corrected chi connectivity index (χ2v) is 7.13. The van der Waals surface area contributed by atoms with Gasteiger partial charge in [0.25, 0.3) is 0 Å². The lowest BCUT2D eigenvalue weighted by molar-refractivity contribution is 0.302. The number of ether oxygens (including phenoxy) is 1. The van der Waals surface area contributed by atoms with Gasteiger partial charge in [-0.3, -0.25) is 0 Å². The Kier molecular flexibility index (Phi) is 9.17. The van der Waals surface area contributed by atoms with E-state index in [4.69, 9.17) is 27.9 Å². The van der Waals surface area contributed by atoms with Crippen molar-refractivity contribution in [1.29, 1.82) is 0 Å². The third-order valence-corrected chi connectivity index (χ3v) is 4.59. The van der Waals surface area contributed by atoms with Gasteiger partial charge in [0.1, 0.15) is 12.4 Å². The van der Waals surface area contributed by atoms with Crippen LogP contribution in [0.15, 0.2) is 42.5 Å². The lowest BCUT2D eigenvalue weighted by Crippen LogP contribution is -2.15. The lowest BCUT2D eigenvalue weighted by Gasteiger charge is -2.13. The zero-order chi connectivity index (χ0) is 17.9. The fourth-order valence-electron chi connectivity index (χ4n) is 2.65. The quantitative estimate of drug-likeness (QED) is 0.442. The van der Waals surface area contributed by atoms with E-state index in [1.165, 1.54) is 32.1 Å². The number of hydrogen-bond donors (Lipinski definition) is 1. The van der Waals surface area contributed by atoms with Crippen molar-refractivity contribution >= 4 is 23.2 Å². The van der Waals surface area contributed by atoms with Gasteiger partial charge in [-0.05, 0) is 48.9 Å². The molecule has 0 aliphatic rings. The highest BCUT2D eigenvalue weighted by Crippen LogP contribution is 2.24. The van der Waals surface area contributed by atoms with Crippen molar-refractivity contribution in [3.8, 4) is 5.75 Å². The first-order valence-electron chi connectivity index (χ1n) is 9.05. The van der Waals surface area contributed by atoms with Gasteiger partial charge in [-0.25, -0.2) is 0 Å². The van der Waals surface area contributed by atoms with Crippen molar-refractivity contribution in [2.45, 2.75) is 52.2 Å². The average Bonchev–Trinajstić information content (AvgIpc) is 2.61. The Bertz CT molecular complexity index is 628. The average molecular weight is 380 g/mol. The molecule has 0 radical (unpaired) electrons. The molecule has 0 aliphatic heterocycles. The molecule has 0 spiro atoms. The van der Waals surface area contributed by atoms with E-state index >= 15 is 0 Å². The van der Waals surface area contributed by atoms with Crippen molar-refractivity contribution in [3.63, 3.8) is 0 Å². The molecule has 0 aliphatic carbocycles. The van der Waals surface area contributed by atoms with Crippen LogP contribution in [0.1, 0.15) is 50.2 Å². The normalized spacial score (nSPS) is 10.8. The van der Waals surface area contributed by atoms with Crippen molar-refractivity contribution in [2.24, 2.45) is 0 Å². The van der Waals surface area contributed by atoms with Crippen LogP contribution in [0.5, 0.6) is 5.75 Å². The number of nitrogens with one attached hydrogen (secondary N) is 1. The third-order valence-electron chi connectivity index (χ3n) is 4.10. The maximum atomic E-state index is 6.15. The van der Waals surface area contributed by atoms with Crippen molar-refractivity contribution in [1.82, 2.24) is 5.32 Å². The third kappa shape index (κ3) is 7.68. The number of halogens is 2. The molecule has 0 unspecified atom stereocenters. The molecule has 0 heterocycles. The molecule has 0 bridgehead atoms. The Labute approximate surface area is 161 Å². The Morgan fingerprint density at radius 3 is 2.36 bits per heavy atom. The molecule has 136 valence electrons. The van der Waals surface area contributed by atoms with E-state index in [0.717, 1.165) is 40.0 Å². The van der Waals surface area contributed by atoms with Gasteiger partial charge in [0, 0.05) is 22.2 Å². The maximum absolute atomic E-state index is 6.15. The second-order valence-electron chi connectivity index (χ2n) is 6.26. The lowest BCUT2D eigenvalue weighted by atomic mass is 10.1. The van der Waals surface area contributed by atoms with Gasteiger partial charge in [-0.2, -0.15) is 0 Å². The summed E-state index contributed by atoms with van der Waals surface area (Å²) >= 11 is 12.1. The summed E-state index contributed by atoms with van der Waals surface area (Å²) in [5, 5.41) is 4.97. The molecule has 2 aromatic carbocycles. The van der Waals surface area contributed by atoms with Crippen LogP contribution in [0.3, 0.4) is 0 Å². The minimum Gasteiger partial charge on any atom is -0.489 e. The highest BCUT2D eigenvalue weighted by atomic mass is 35.5. The van der Waals surface area contributed by atoms with Crippen molar-refractivity contribution < 1.29 is 4.74 Å². The van der Waals surface area contributed by atoms with Gasteiger partial charge >= 0.3 is 0 Å². The minimum atomic E-state index is 0.517. The van der Waals surface area contributed by atoms with Crippen LogP contribution in [-0.2, 0) is 13.2 Å². The molecule has 2 aromatic rings. The summed E-state index contributed by atoms with van der Waals surface area (Å²) in [4.78, 5) is 0. The first-order chi connectivity index (χ1) is 12.2. The predicted molar refractivity (Wildman–Crippen MR) is 108 cm³/mol. The van der Waals surface area contributed by atoms with Crippen LogP contribution in [0.2, 0.25) is 10.0 Å². The van der Waals surface area contributed by atoms with Crippen molar-refractivity contribution in [3.05, 3.63) is 63.6 Å². The zero-order valence-electron chi connectivity index (χ0n) is 14.9. The van der Waals surface area contributed by atoms with E-state index in [1.54, 1.807) is 0 Å². The first kappa shape index (κ1) is 20.1. The Hall–Kier alpha value is -1.22. The van der Waals surface area contributed by atoms with Crippen LogP contribution in [0.25, 0.3) is 0 Å².